The van der Waals surface area contributed by atoms with E-state index in [1.54, 1.807) is 30.5 Å². The summed E-state index contributed by atoms with van der Waals surface area (Å²) in [7, 11) is 0. The van der Waals surface area contributed by atoms with Gasteiger partial charge in [0.05, 0.1) is 0 Å². The van der Waals surface area contributed by atoms with Crippen LogP contribution in [0.5, 0.6) is 0 Å². The summed E-state index contributed by atoms with van der Waals surface area (Å²) in [5, 5.41) is 3.34. The number of fused-ring (bicyclic) bond motifs is 1. The third-order valence-electron chi connectivity index (χ3n) is 3.60. The largest absolute Gasteiger partial charge is 0.346 e. The Balaban J connectivity index is 1.90. The van der Waals surface area contributed by atoms with Crippen molar-refractivity contribution >= 4 is 28.7 Å². The number of aromatic nitrogens is 3. The Morgan fingerprint density at radius 2 is 2.00 bits per heavy atom. The van der Waals surface area contributed by atoms with Crippen LogP contribution in [0.15, 0.2) is 47.4 Å². The number of aryl methyl sites for hydroxylation is 1. The van der Waals surface area contributed by atoms with E-state index in [9.17, 15) is 9.59 Å². The van der Waals surface area contributed by atoms with Crippen molar-refractivity contribution in [2.75, 3.05) is 0 Å². The van der Waals surface area contributed by atoms with E-state index in [-0.39, 0.29) is 12.2 Å². The van der Waals surface area contributed by atoms with E-state index in [4.69, 9.17) is 11.6 Å². The molecule has 3 rings (SSSR count). The second kappa shape index (κ2) is 6.80. The molecule has 1 amide bonds. The lowest BCUT2D eigenvalue weighted by molar-refractivity contribution is 0.0944. The normalized spacial score (nSPS) is 10.8. The Morgan fingerprint density at radius 1 is 1.25 bits per heavy atom. The third-order valence-corrected chi connectivity index (χ3v) is 3.85. The first-order valence-corrected chi connectivity index (χ1v) is 7.86. The lowest BCUT2D eigenvalue weighted by atomic mass is 10.2. The van der Waals surface area contributed by atoms with Gasteiger partial charge < -0.3 is 5.32 Å². The summed E-state index contributed by atoms with van der Waals surface area (Å²) < 4.78 is 1.44. The number of rotatable bonds is 4. The molecule has 0 saturated heterocycles. The molecule has 122 valence electrons. The lowest BCUT2D eigenvalue weighted by Gasteiger charge is -2.09. The van der Waals surface area contributed by atoms with Crippen molar-refractivity contribution in [3.05, 3.63) is 69.2 Å². The molecular weight excluding hydrogens is 328 g/mol. The van der Waals surface area contributed by atoms with Gasteiger partial charge in [0.15, 0.2) is 11.3 Å². The van der Waals surface area contributed by atoms with E-state index < -0.39 is 11.5 Å². The molecule has 0 spiro atoms. The van der Waals surface area contributed by atoms with E-state index in [1.807, 2.05) is 19.1 Å². The van der Waals surface area contributed by atoms with Gasteiger partial charge in [-0.25, -0.2) is 9.97 Å². The summed E-state index contributed by atoms with van der Waals surface area (Å²) in [6.45, 7) is 2.52. The van der Waals surface area contributed by atoms with Gasteiger partial charge in [0.2, 0.25) is 0 Å². The van der Waals surface area contributed by atoms with Crippen LogP contribution >= 0.6 is 11.6 Å². The van der Waals surface area contributed by atoms with Gasteiger partial charge in [0, 0.05) is 24.3 Å². The Bertz CT molecular complexity index is 951. The van der Waals surface area contributed by atoms with Gasteiger partial charge in [0.1, 0.15) is 5.52 Å². The molecule has 3 aromatic rings. The first-order valence-electron chi connectivity index (χ1n) is 7.48. The van der Waals surface area contributed by atoms with Crippen LogP contribution < -0.4 is 10.9 Å². The maximum atomic E-state index is 12.5. The lowest BCUT2D eigenvalue weighted by Crippen LogP contribution is -2.34. The standard InChI is InChI=1S/C17H15ClN4O2/c1-2-22-15-13(4-3-9-19-15)21-14(17(22)24)16(23)20-10-11-5-7-12(18)8-6-11/h3-9H,2,10H2,1H3,(H,20,23). The first kappa shape index (κ1) is 16.1. The van der Waals surface area contributed by atoms with Crippen molar-refractivity contribution in [2.45, 2.75) is 20.0 Å². The Morgan fingerprint density at radius 3 is 2.71 bits per heavy atom. The number of hydrogen-bond acceptors (Lipinski definition) is 4. The van der Waals surface area contributed by atoms with Crippen molar-refractivity contribution in [1.29, 1.82) is 0 Å². The number of pyridine rings is 1. The molecule has 0 aliphatic carbocycles. The van der Waals surface area contributed by atoms with Gasteiger partial charge in [-0.3, -0.25) is 14.2 Å². The van der Waals surface area contributed by atoms with Gasteiger partial charge in [0.25, 0.3) is 11.5 Å². The number of carbonyl (C=O) groups is 1. The van der Waals surface area contributed by atoms with E-state index in [0.29, 0.717) is 22.7 Å². The van der Waals surface area contributed by atoms with E-state index >= 15 is 0 Å². The molecule has 1 aromatic carbocycles. The summed E-state index contributed by atoms with van der Waals surface area (Å²) in [6, 6.07) is 10.6. The Hall–Kier alpha value is -2.73. The van der Waals surface area contributed by atoms with Gasteiger partial charge in [-0.2, -0.15) is 0 Å². The van der Waals surface area contributed by atoms with Crippen molar-refractivity contribution in [2.24, 2.45) is 0 Å². The van der Waals surface area contributed by atoms with Gasteiger partial charge in [-0.1, -0.05) is 23.7 Å². The highest BCUT2D eigenvalue weighted by Gasteiger charge is 2.17. The van der Waals surface area contributed by atoms with Crippen molar-refractivity contribution in [1.82, 2.24) is 19.9 Å². The van der Waals surface area contributed by atoms with Crippen molar-refractivity contribution in [3.8, 4) is 0 Å². The molecule has 0 fully saturated rings. The maximum absolute atomic E-state index is 12.5. The van der Waals surface area contributed by atoms with E-state index in [1.165, 1.54) is 4.57 Å². The number of hydrogen-bond donors (Lipinski definition) is 1. The summed E-state index contributed by atoms with van der Waals surface area (Å²) in [5.41, 5.74) is 1.28. The molecule has 0 unspecified atom stereocenters. The molecular formula is C17H15ClN4O2. The zero-order valence-electron chi connectivity index (χ0n) is 13.0. The third kappa shape index (κ3) is 3.14. The van der Waals surface area contributed by atoms with Crippen molar-refractivity contribution in [3.63, 3.8) is 0 Å². The molecule has 0 bridgehead atoms. The fourth-order valence-electron chi connectivity index (χ4n) is 2.39. The van der Waals surface area contributed by atoms with Crippen molar-refractivity contribution < 1.29 is 4.79 Å². The summed E-state index contributed by atoms with van der Waals surface area (Å²) >= 11 is 5.83. The quantitative estimate of drug-likeness (QED) is 0.789. The molecule has 7 heteroatoms. The van der Waals surface area contributed by atoms with Crippen LogP contribution in [-0.4, -0.2) is 20.4 Å². The van der Waals surface area contributed by atoms with Gasteiger partial charge in [-0.05, 0) is 36.8 Å². The predicted octanol–water partition coefficient (Wildman–Crippen LogP) is 2.39. The average Bonchev–Trinajstić information content (AvgIpc) is 2.60. The molecule has 0 aliphatic heterocycles. The van der Waals surface area contributed by atoms with Crippen LogP contribution in [0.3, 0.4) is 0 Å². The molecule has 0 atom stereocenters. The Kier molecular flexibility index (Phi) is 4.57. The number of amides is 1. The highest BCUT2D eigenvalue weighted by atomic mass is 35.5. The molecule has 0 aliphatic rings. The number of halogens is 1. The van der Waals surface area contributed by atoms with E-state index in [2.05, 4.69) is 15.3 Å². The van der Waals surface area contributed by atoms with Crippen LogP contribution in [0.4, 0.5) is 0 Å². The van der Waals surface area contributed by atoms with Gasteiger partial charge in [-0.15, -0.1) is 0 Å². The second-order valence-electron chi connectivity index (χ2n) is 5.17. The molecule has 0 saturated carbocycles. The van der Waals surface area contributed by atoms with Crippen LogP contribution in [0.2, 0.25) is 5.02 Å². The van der Waals surface area contributed by atoms with Crippen LogP contribution in [0.1, 0.15) is 23.0 Å². The smallest absolute Gasteiger partial charge is 0.283 e. The second-order valence-corrected chi connectivity index (χ2v) is 5.60. The minimum atomic E-state index is -0.511. The van der Waals surface area contributed by atoms with Crippen LogP contribution in [-0.2, 0) is 13.1 Å². The topological polar surface area (TPSA) is 76.9 Å². The number of benzene rings is 1. The number of nitrogens with one attached hydrogen (secondary N) is 1. The summed E-state index contributed by atoms with van der Waals surface area (Å²) in [5.74, 6) is -0.511. The molecule has 24 heavy (non-hydrogen) atoms. The fourth-order valence-corrected chi connectivity index (χ4v) is 2.51. The zero-order valence-corrected chi connectivity index (χ0v) is 13.7. The zero-order chi connectivity index (χ0) is 17.1. The van der Waals surface area contributed by atoms with Crippen LogP contribution in [0.25, 0.3) is 11.2 Å². The SMILES string of the molecule is CCn1c(=O)c(C(=O)NCc2ccc(Cl)cc2)nc2cccnc21. The highest BCUT2D eigenvalue weighted by molar-refractivity contribution is 6.30. The number of carbonyl (C=O) groups excluding carboxylic acids is 1. The highest BCUT2D eigenvalue weighted by Crippen LogP contribution is 2.10. The van der Waals surface area contributed by atoms with Crippen LogP contribution in [0, 0.1) is 0 Å². The summed E-state index contributed by atoms with van der Waals surface area (Å²) in [4.78, 5) is 33.2. The maximum Gasteiger partial charge on any atom is 0.283 e. The number of nitrogens with zero attached hydrogens (tertiary/aromatic N) is 3. The molecule has 0 radical (unpaired) electrons. The average molecular weight is 343 g/mol. The molecule has 2 heterocycles. The summed E-state index contributed by atoms with van der Waals surface area (Å²) in [6.07, 6.45) is 1.59. The molecule has 1 N–H and O–H groups in total. The minimum absolute atomic E-state index is 0.133. The molecule has 6 nitrogen and oxygen atoms in total. The first-order chi connectivity index (χ1) is 11.6. The predicted molar refractivity (Wildman–Crippen MR) is 92.1 cm³/mol. The Labute approximate surface area is 143 Å². The molecule has 2 aromatic heterocycles. The minimum Gasteiger partial charge on any atom is -0.346 e. The van der Waals surface area contributed by atoms with E-state index in [0.717, 1.165) is 5.56 Å². The fraction of sp³-hybridized carbons (Fsp3) is 0.176. The van der Waals surface area contributed by atoms with Gasteiger partial charge >= 0.3 is 0 Å². The monoisotopic (exact) mass is 342 g/mol.